The first-order chi connectivity index (χ1) is 13.9. The number of halogens is 1. The van der Waals surface area contributed by atoms with Crippen molar-refractivity contribution in [2.24, 2.45) is 17.8 Å². The van der Waals surface area contributed by atoms with Gasteiger partial charge in [-0.2, -0.15) is 0 Å². The normalized spacial score (nSPS) is 29.1. The van der Waals surface area contributed by atoms with E-state index < -0.39 is 0 Å². The predicted octanol–water partition coefficient (Wildman–Crippen LogP) is 4.69. The second-order valence-corrected chi connectivity index (χ2v) is 9.09. The van der Waals surface area contributed by atoms with E-state index >= 15 is 0 Å². The number of hydrogen-bond acceptors (Lipinski definition) is 2. The highest BCUT2D eigenvalue weighted by atomic mass is 19.1. The summed E-state index contributed by atoms with van der Waals surface area (Å²) in [4.78, 5) is 25.9. The van der Waals surface area contributed by atoms with Crippen molar-refractivity contribution in [2.45, 2.75) is 44.6 Å². The summed E-state index contributed by atoms with van der Waals surface area (Å²) in [6, 6.07) is 10.9. The van der Waals surface area contributed by atoms with E-state index in [0.717, 1.165) is 24.7 Å². The van der Waals surface area contributed by atoms with E-state index in [9.17, 15) is 14.0 Å². The van der Waals surface area contributed by atoms with Crippen LogP contribution in [-0.2, 0) is 0 Å². The second-order valence-electron chi connectivity index (χ2n) is 9.09. The van der Waals surface area contributed by atoms with E-state index in [1.54, 1.807) is 18.2 Å². The number of rotatable bonds is 4. The Labute approximate surface area is 169 Å². The Morgan fingerprint density at radius 2 is 1.55 bits per heavy atom. The summed E-state index contributed by atoms with van der Waals surface area (Å²) in [7, 11) is 0. The molecule has 2 amide bonds. The van der Waals surface area contributed by atoms with Gasteiger partial charge in [-0.1, -0.05) is 6.07 Å². The van der Waals surface area contributed by atoms with Crippen molar-refractivity contribution >= 4 is 17.5 Å². The van der Waals surface area contributed by atoms with Crippen molar-refractivity contribution in [2.75, 3.05) is 5.32 Å². The summed E-state index contributed by atoms with van der Waals surface area (Å²) >= 11 is 0. The molecule has 4 bridgehead atoms. The van der Waals surface area contributed by atoms with Crippen molar-refractivity contribution in [3.05, 3.63) is 65.0 Å². The lowest BCUT2D eigenvalue weighted by Gasteiger charge is -2.34. The molecule has 0 aromatic heterocycles. The summed E-state index contributed by atoms with van der Waals surface area (Å²) < 4.78 is 13.1. The zero-order valence-electron chi connectivity index (χ0n) is 16.5. The van der Waals surface area contributed by atoms with E-state index in [2.05, 4.69) is 10.6 Å². The van der Waals surface area contributed by atoms with Crippen LogP contribution in [-0.4, -0.2) is 17.4 Å². The molecule has 0 radical (unpaired) electrons. The van der Waals surface area contributed by atoms with Crippen molar-refractivity contribution < 1.29 is 14.0 Å². The van der Waals surface area contributed by atoms with Gasteiger partial charge in [0.15, 0.2) is 0 Å². The van der Waals surface area contributed by atoms with Crippen LogP contribution in [0.4, 0.5) is 10.1 Å². The third kappa shape index (κ3) is 3.13. The Hall–Kier alpha value is -2.69. The fourth-order valence-corrected chi connectivity index (χ4v) is 6.15. The summed E-state index contributed by atoms with van der Waals surface area (Å²) in [5.74, 6) is 1.41. The predicted molar refractivity (Wildman–Crippen MR) is 109 cm³/mol. The molecule has 2 aromatic rings. The number of anilines is 1. The summed E-state index contributed by atoms with van der Waals surface area (Å²) in [6.45, 7) is 1.81. The minimum Gasteiger partial charge on any atom is -0.346 e. The van der Waals surface area contributed by atoms with Crippen molar-refractivity contribution in [3.63, 3.8) is 0 Å². The first-order valence-corrected chi connectivity index (χ1v) is 10.4. The molecule has 2 N–H and O–H groups in total. The SMILES string of the molecule is Cc1c(C(=O)Nc2ccc(F)cc2)cccc1C(=O)NC12CC3CC(CC1C3)C2. The van der Waals surface area contributed by atoms with Crippen LogP contribution >= 0.6 is 0 Å². The molecule has 0 aliphatic heterocycles. The highest BCUT2D eigenvalue weighted by molar-refractivity contribution is 6.07. The monoisotopic (exact) mass is 392 g/mol. The maximum absolute atomic E-state index is 13.2. The van der Waals surface area contributed by atoms with E-state index in [0.29, 0.717) is 28.3 Å². The van der Waals surface area contributed by atoms with Crippen molar-refractivity contribution in [1.29, 1.82) is 0 Å². The molecule has 150 valence electrons. The van der Waals surface area contributed by atoms with Crippen LogP contribution in [0.3, 0.4) is 0 Å². The summed E-state index contributed by atoms with van der Waals surface area (Å²) in [6.07, 6.45) is 6.02. The summed E-state index contributed by atoms with van der Waals surface area (Å²) in [5.41, 5.74) is 2.15. The molecule has 0 heterocycles. The van der Waals surface area contributed by atoms with Crippen LogP contribution in [0.1, 0.15) is 58.4 Å². The molecule has 4 aliphatic carbocycles. The minimum atomic E-state index is -0.355. The zero-order chi connectivity index (χ0) is 20.2. The van der Waals surface area contributed by atoms with Gasteiger partial charge in [-0.25, -0.2) is 4.39 Å². The second kappa shape index (κ2) is 6.68. The highest BCUT2D eigenvalue weighted by Crippen LogP contribution is 2.60. The molecule has 4 aliphatic rings. The van der Waals surface area contributed by atoms with Gasteiger partial charge in [0, 0.05) is 22.4 Å². The van der Waals surface area contributed by atoms with Gasteiger partial charge in [-0.15, -0.1) is 0 Å². The number of amides is 2. The molecule has 4 nitrogen and oxygen atoms in total. The molecule has 6 rings (SSSR count). The largest absolute Gasteiger partial charge is 0.346 e. The number of nitrogens with one attached hydrogen (secondary N) is 2. The molecular weight excluding hydrogens is 367 g/mol. The van der Waals surface area contributed by atoms with Gasteiger partial charge in [-0.05, 0) is 98.7 Å². The Morgan fingerprint density at radius 3 is 2.21 bits per heavy atom. The van der Waals surface area contributed by atoms with E-state index in [1.165, 1.54) is 43.5 Å². The smallest absolute Gasteiger partial charge is 0.255 e. The van der Waals surface area contributed by atoms with E-state index in [-0.39, 0.29) is 23.2 Å². The topological polar surface area (TPSA) is 58.2 Å². The van der Waals surface area contributed by atoms with Crippen molar-refractivity contribution in [3.8, 4) is 0 Å². The lowest BCUT2D eigenvalue weighted by atomic mass is 9.80. The maximum Gasteiger partial charge on any atom is 0.255 e. The van der Waals surface area contributed by atoms with Crippen LogP contribution in [0.2, 0.25) is 0 Å². The Morgan fingerprint density at radius 1 is 0.931 bits per heavy atom. The van der Waals surface area contributed by atoms with Crippen LogP contribution in [0, 0.1) is 30.5 Å². The quantitative estimate of drug-likeness (QED) is 0.793. The van der Waals surface area contributed by atoms with E-state index in [1.807, 2.05) is 6.92 Å². The molecule has 4 fully saturated rings. The Kier molecular flexibility index (Phi) is 4.23. The standard InChI is InChI=1S/C24H25FN2O2/c1-14-20(22(28)26-19-7-5-18(25)6-8-19)3-2-4-21(14)23(29)27-24-12-15-9-16(13-24)11-17(24)10-15/h2-8,15-17H,9-13H2,1H3,(H,26,28)(H,27,29). The molecule has 2 atom stereocenters. The van der Waals surface area contributed by atoms with Gasteiger partial charge in [0.1, 0.15) is 5.82 Å². The molecular formula is C24H25FN2O2. The maximum atomic E-state index is 13.2. The first kappa shape index (κ1) is 18.3. The zero-order valence-corrected chi connectivity index (χ0v) is 16.5. The van der Waals surface area contributed by atoms with E-state index in [4.69, 9.17) is 0 Å². The Bertz CT molecular complexity index is 971. The molecule has 0 spiro atoms. The van der Waals surface area contributed by atoms with Gasteiger partial charge < -0.3 is 10.6 Å². The first-order valence-electron chi connectivity index (χ1n) is 10.4. The van der Waals surface area contributed by atoms with Crippen LogP contribution in [0.5, 0.6) is 0 Å². The lowest BCUT2D eigenvalue weighted by Crippen LogP contribution is -2.49. The van der Waals surface area contributed by atoms with Crippen molar-refractivity contribution in [1.82, 2.24) is 5.32 Å². The van der Waals surface area contributed by atoms with Gasteiger partial charge >= 0.3 is 0 Å². The average Bonchev–Trinajstić information content (AvgIpc) is 3.06. The fourth-order valence-electron chi connectivity index (χ4n) is 6.15. The number of carbonyl (C=O) groups excluding carboxylic acids is 2. The lowest BCUT2D eigenvalue weighted by molar-refractivity contribution is 0.0874. The van der Waals surface area contributed by atoms with Crippen LogP contribution in [0.15, 0.2) is 42.5 Å². The number of carbonyl (C=O) groups is 2. The molecule has 29 heavy (non-hydrogen) atoms. The molecule has 4 saturated carbocycles. The fraction of sp³-hybridized carbons (Fsp3) is 0.417. The average molecular weight is 392 g/mol. The molecule has 5 heteroatoms. The van der Waals surface area contributed by atoms with Gasteiger partial charge in [0.05, 0.1) is 0 Å². The van der Waals surface area contributed by atoms with Crippen LogP contribution < -0.4 is 10.6 Å². The molecule has 0 saturated heterocycles. The molecule has 2 unspecified atom stereocenters. The number of hydrogen-bond donors (Lipinski definition) is 2. The summed E-state index contributed by atoms with van der Waals surface area (Å²) in [5, 5.41) is 6.16. The molecule has 2 aromatic carbocycles. The Balaban J connectivity index is 1.35. The highest BCUT2D eigenvalue weighted by Gasteiger charge is 2.58. The van der Waals surface area contributed by atoms with Gasteiger partial charge in [-0.3, -0.25) is 9.59 Å². The third-order valence-electron chi connectivity index (χ3n) is 7.28. The van der Waals surface area contributed by atoms with Gasteiger partial charge in [0.2, 0.25) is 0 Å². The minimum absolute atomic E-state index is 0.0382. The van der Waals surface area contributed by atoms with Crippen LogP contribution in [0.25, 0.3) is 0 Å². The third-order valence-corrected chi connectivity index (χ3v) is 7.28. The number of benzene rings is 2. The van der Waals surface area contributed by atoms with Gasteiger partial charge in [0.25, 0.3) is 11.8 Å².